The number of sulfonamides is 1. The highest BCUT2D eigenvalue weighted by atomic mass is 32.2. The lowest BCUT2D eigenvalue weighted by Gasteiger charge is -2.33. The molecule has 1 aromatic rings. The topological polar surface area (TPSA) is 87.3 Å². The fourth-order valence-electron chi connectivity index (χ4n) is 2.60. The number of piperidine rings is 1. The van der Waals surface area contributed by atoms with E-state index in [1.54, 1.807) is 19.1 Å². The molecule has 6 nitrogen and oxygen atoms in total. The van der Waals surface area contributed by atoms with Gasteiger partial charge in [0, 0.05) is 5.69 Å². The van der Waals surface area contributed by atoms with Gasteiger partial charge in [-0.05, 0) is 64.4 Å². The van der Waals surface area contributed by atoms with E-state index in [4.69, 9.17) is 0 Å². The molecule has 0 saturated carbocycles. The van der Waals surface area contributed by atoms with E-state index in [2.05, 4.69) is 15.4 Å². The molecular formula is C15H23N3O3S. The lowest BCUT2D eigenvalue weighted by Crippen LogP contribution is -2.54. The Hall–Kier alpha value is -1.44. The number of anilines is 1. The van der Waals surface area contributed by atoms with E-state index in [0.717, 1.165) is 25.8 Å². The second-order valence-corrected chi connectivity index (χ2v) is 7.71. The first-order valence-electron chi connectivity index (χ1n) is 7.39. The van der Waals surface area contributed by atoms with Gasteiger partial charge < -0.3 is 10.6 Å². The molecule has 122 valence electrons. The van der Waals surface area contributed by atoms with Crippen molar-refractivity contribution in [3.8, 4) is 0 Å². The van der Waals surface area contributed by atoms with Gasteiger partial charge in [-0.15, -0.1) is 0 Å². The molecule has 7 heteroatoms. The van der Waals surface area contributed by atoms with Gasteiger partial charge in [-0.25, -0.2) is 13.1 Å². The molecule has 0 radical (unpaired) electrons. The van der Waals surface area contributed by atoms with Crippen LogP contribution in [0.4, 0.5) is 5.69 Å². The Labute approximate surface area is 131 Å². The van der Waals surface area contributed by atoms with Gasteiger partial charge in [0.2, 0.25) is 15.9 Å². The molecule has 1 amide bonds. The minimum atomic E-state index is -3.54. The molecular weight excluding hydrogens is 302 g/mol. The Balaban J connectivity index is 2.24. The largest absolute Gasteiger partial charge is 0.324 e. The third-order valence-corrected chi connectivity index (χ3v) is 5.68. The predicted octanol–water partition coefficient (Wildman–Crippen LogP) is 1.37. The minimum Gasteiger partial charge on any atom is -0.324 e. The van der Waals surface area contributed by atoms with Crippen molar-refractivity contribution in [1.82, 2.24) is 10.0 Å². The SMILES string of the molecule is CNS(=O)(=O)c1cc(NC(=O)C2(C)CCCCN2)ccc1C. The standard InChI is InChI=1S/C15H23N3O3S/c1-11-6-7-12(10-13(11)22(20,21)16-3)18-14(19)15(2)8-4-5-9-17-15/h6-7,10,16-17H,4-5,8-9H2,1-3H3,(H,18,19). The monoisotopic (exact) mass is 325 g/mol. The molecule has 0 aromatic heterocycles. The summed E-state index contributed by atoms with van der Waals surface area (Å²) in [5, 5.41) is 6.06. The molecule has 0 aliphatic carbocycles. The number of benzene rings is 1. The van der Waals surface area contributed by atoms with Crippen molar-refractivity contribution >= 4 is 21.6 Å². The molecule has 22 heavy (non-hydrogen) atoms. The van der Waals surface area contributed by atoms with Crippen molar-refractivity contribution < 1.29 is 13.2 Å². The molecule has 1 saturated heterocycles. The lowest BCUT2D eigenvalue weighted by molar-refractivity contribution is -0.122. The summed E-state index contributed by atoms with van der Waals surface area (Å²) in [4.78, 5) is 12.6. The second kappa shape index (κ2) is 6.36. The summed E-state index contributed by atoms with van der Waals surface area (Å²) >= 11 is 0. The van der Waals surface area contributed by atoms with Gasteiger partial charge in [-0.1, -0.05) is 6.07 Å². The Morgan fingerprint density at radius 2 is 2.05 bits per heavy atom. The molecule has 0 bridgehead atoms. The van der Waals surface area contributed by atoms with Crippen LogP contribution in [0.5, 0.6) is 0 Å². The molecule has 1 aliphatic rings. The third-order valence-electron chi connectivity index (χ3n) is 4.12. The van der Waals surface area contributed by atoms with E-state index in [0.29, 0.717) is 11.3 Å². The molecule has 2 rings (SSSR count). The Morgan fingerprint density at radius 1 is 1.32 bits per heavy atom. The fraction of sp³-hybridized carbons (Fsp3) is 0.533. The molecule has 3 N–H and O–H groups in total. The summed E-state index contributed by atoms with van der Waals surface area (Å²) < 4.78 is 26.3. The average Bonchev–Trinajstić information content (AvgIpc) is 2.49. The van der Waals surface area contributed by atoms with Crippen LogP contribution in [0.25, 0.3) is 0 Å². The van der Waals surface area contributed by atoms with Crippen molar-refractivity contribution in [3.63, 3.8) is 0 Å². The average molecular weight is 325 g/mol. The van der Waals surface area contributed by atoms with Crippen LogP contribution < -0.4 is 15.4 Å². The normalized spacial score (nSPS) is 22.3. The summed E-state index contributed by atoms with van der Waals surface area (Å²) in [6.07, 6.45) is 2.84. The number of aryl methyl sites for hydroxylation is 1. The number of rotatable bonds is 4. The zero-order valence-electron chi connectivity index (χ0n) is 13.2. The van der Waals surface area contributed by atoms with Gasteiger partial charge >= 0.3 is 0 Å². The third kappa shape index (κ3) is 3.48. The van der Waals surface area contributed by atoms with Gasteiger partial charge in [-0.2, -0.15) is 0 Å². The Morgan fingerprint density at radius 3 is 2.64 bits per heavy atom. The quantitative estimate of drug-likeness (QED) is 0.780. The number of amides is 1. The van der Waals surface area contributed by atoms with Gasteiger partial charge in [0.15, 0.2) is 0 Å². The maximum absolute atomic E-state index is 12.5. The van der Waals surface area contributed by atoms with Crippen LogP contribution in [-0.4, -0.2) is 33.5 Å². The predicted molar refractivity (Wildman–Crippen MR) is 86.3 cm³/mol. The minimum absolute atomic E-state index is 0.135. The number of carbonyl (C=O) groups is 1. The highest BCUT2D eigenvalue weighted by Crippen LogP contribution is 2.23. The van der Waals surface area contributed by atoms with E-state index in [9.17, 15) is 13.2 Å². The van der Waals surface area contributed by atoms with Crippen LogP contribution in [0, 0.1) is 6.92 Å². The van der Waals surface area contributed by atoms with Gasteiger partial charge in [-0.3, -0.25) is 4.79 Å². The van der Waals surface area contributed by atoms with Crippen molar-refractivity contribution in [2.24, 2.45) is 0 Å². The molecule has 1 fully saturated rings. The maximum atomic E-state index is 12.5. The van der Waals surface area contributed by atoms with Gasteiger partial charge in [0.1, 0.15) is 0 Å². The van der Waals surface area contributed by atoms with Crippen molar-refractivity contribution in [2.45, 2.75) is 43.5 Å². The first-order chi connectivity index (χ1) is 10.3. The number of hydrogen-bond acceptors (Lipinski definition) is 4. The summed E-state index contributed by atoms with van der Waals surface area (Å²) in [6, 6.07) is 4.90. The van der Waals surface area contributed by atoms with Crippen LogP contribution in [0.1, 0.15) is 31.7 Å². The van der Waals surface area contributed by atoms with Crippen LogP contribution in [-0.2, 0) is 14.8 Å². The second-order valence-electron chi connectivity index (χ2n) is 5.86. The van der Waals surface area contributed by atoms with Crippen LogP contribution in [0.15, 0.2) is 23.1 Å². The molecule has 1 aliphatic heterocycles. The lowest BCUT2D eigenvalue weighted by atomic mass is 9.90. The van der Waals surface area contributed by atoms with Gasteiger partial charge in [0.25, 0.3) is 0 Å². The van der Waals surface area contributed by atoms with E-state index in [1.165, 1.54) is 13.1 Å². The van der Waals surface area contributed by atoms with Crippen LogP contribution in [0.2, 0.25) is 0 Å². The molecule has 1 aromatic carbocycles. The zero-order chi connectivity index (χ0) is 16.4. The van der Waals surface area contributed by atoms with E-state index >= 15 is 0 Å². The molecule has 0 spiro atoms. The number of carbonyl (C=O) groups excluding carboxylic acids is 1. The van der Waals surface area contributed by atoms with E-state index in [1.807, 2.05) is 6.92 Å². The summed E-state index contributed by atoms with van der Waals surface area (Å²) in [7, 11) is -2.18. The number of nitrogens with one attached hydrogen (secondary N) is 3. The van der Waals surface area contributed by atoms with E-state index < -0.39 is 15.6 Å². The highest BCUT2D eigenvalue weighted by Gasteiger charge is 2.34. The van der Waals surface area contributed by atoms with Crippen molar-refractivity contribution in [1.29, 1.82) is 0 Å². The molecule has 1 unspecified atom stereocenters. The maximum Gasteiger partial charge on any atom is 0.244 e. The van der Waals surface area contributed by atoms with Crippen molar-refractivity contribution in [3.05, 3.63) is 23.8 Å². The number of hydrogen-bond donors (Lipinski definition) is 3. The van der Waals surface area contributed by atoms with Crippen LogP contribution in [0.3, 0.4) is 0 Å². The fourth-order valence-corrected chi connectivity index (χ4v) is 3.59. The first-order valence-corrected chi connectivity index (χ1v) is 8.87. The summed E-state index contributed by atoms with van der Waals surface area (Å²) in [5.74, 6) is -0.135. The Kier molecular flexibility index (Phi) is 4.89. The smallest absolute Gasteiger partial charge is 0.244 e. The summed E-state index contributed by atoms with van der Waals surface area (Å²) in [6.45, 7) is 4.41. The molecule has 1 atom stereocenters. The van der Waals surface area contributed by atoms with Crippen molar-refractivity contribution in [2.75, 3.05) is 18.9 Å². The highest BCUT2D eigenvalue weighted by molar-refractivity contribution is 7.89. The first kappa shape index (κ1) is 16.9. The Bertz CT molecular complexity index is 665. The van der Waals surface area contributed by atoms with E-state index in [-0.39, 0.29) is 10.8 Å². The summed E-state index contributed by atoms with van der Waals surface area (Å²) in [5.41, 5.74) is 0.512. The zero-order valence-corrected chi connectivity index (χ0v) is 14.0. The molecule has 1 heterocycles. The van der Waals surface area contributed by atoms with Gasteiger partial charge in [0.05, 0.1) is 10.4 Å². The van der Waals surface area contributed by atoms with Crippen LogP contribution >= 0.6 is 0 Å².